The van der Waals surface area contributed by atoms with Gasteiger partial charge in [0.25, 0.3) is 0 Å². The number of rotatable bonds is 9. The maximum Gasteiger partial charge on any atom is 0.415 e. The van der Waals surface area contributed by atoms with E-state index in [9.17, 15) is 26.3 Å². The quantitative estimate of drug-likeness (QED) is 0.208. The van der Waals surface area contributed by atoms with Gasteiger partial charge in [0, 0.05) is 27.3 Å². The number of aliphatic imine (C=N–C) groups is 1. The molecule has 0 aliphatic rings. The van der Waals surface area contributed by atoms with Crippen molar-refractivity contribution in [3.05, 3.63) is 59.2 Å². The highest BCUT2D eigenvalue weighted by molar-refractivity contribution is 8.03. The van der Waals surface area contributed by atoms with E-state index in [0.717, 1.165) is 37.3 Å². The molecular weight excluding hydrogens is 400 g/mol. The number of nitrogens with zero attached hydrogens (tertiary/aromatic N) is 1. The first kappa shape index (κ1) is 26.3. The average molecular weight is 425 g/mol. The monoisotopic (exact) mass is 425 g/mol. The Kier molecular flexibility index (Phi) is 10.1. The Morgan fingerprint density at radius 2 is 1.50 bits per heavy atom. The Labute approximate surface area is 166 Å². The summed E-state index contributed by atoms with van der Waals surface area (Å²) >= 11 is 1.15. The van der Waals surface area contributed by atoms with Crippen molar-refractivity contribution in [2.24, 2.45) is 10.9 Å². The largest absolute Gasteiger partial charge is 0.415 e. The van der Waals surface area contributed by atoms with Crippen LogP contribution in [0.5, 0.6) is 0 Å². The van der Waals surface area contributed by atoms with Crippen LogP contribution >= 0.6 is 11.8 Å². The smallest absolute Gasteiger partial charge is 0.254 e. The molecule has 0 aliphatic heterocycles. The predicted octanol–water partition coefficient (Wildman–Crippen LogP) is 7.81. The summed E-state index contributed by atoms with van der Waals surface area (Å²) in [7, 11) is 0. The van der Waals surface area contributed by atoms with E-state index in [-0.39, 0.29) is 21.9 Å². The molecule has 0 amide bonds. The minimum absolute atomic E-state index is 0.0120. The first-order valence-electron chi connectivity index (χ1n) is 8.35. The summed E-state index contributed by atoms with van der Waals surface area (Å²) < 4.78 is 76.3. The van der Waals surface area contributed by atoms with Crippen molar-refractivity contribution in [1.29, 1.82) is 0 Å². The molecule has 1 nitrogen and oxygen atoms in total. The highest BCUT2D eigenvalue weighted by atomic mass is 32.2. The van der Waals surface area contributed by atoms with Gasteiger partial charge in [-0.2, -0.15) is 26.3 Å². The maximum atomic E-state index is 12.8. The van der Waals surface area contributed by atoms with E-state index in [1.165, 1.54) is 6.92 Å². The average Bonchev–Trinajstić information content (AvgIpc) is 2.50. The minimum Gasteiger partial charge on any atom is -0.254 e. The Morgan fingerprint density at radius 3 is 1.93 bits per heavy atom. The fourth-order valence-corrected chi connectivity index (χ4v) is 3.04. The summed E-state index contributed by atoms with van der Waals surface area (Å²) in [4.78, 5) is 4.13. The van der Waals surface area contributed by atoms with Crippen LogP contribution in [0.4, 0.5) is 26.3 Å². The molecule has 28 heavy (non-hydrogen) atoms. The second-order valence-corrected chi connectivity index (χ2v) is 7.70. The topological polar surface area (TPSA) is 12.4 Å². The number of thioether (sulfide) groups is 1. The van der Waals surface area contributed by atoms with Gasteiger partial charge >= 0.3 is 12.4 Å². The van der Waals surface area contributed by atoms with Crippen molar-refractivity contribution in [3.8, 4) is 0 Å². The van der Waals surface area contributed by atoms with Crippen LogP contribution in [0.25, 0.3) is 0 Å². The number of allylic oxidation sites excluding steroid dienone is 5. The van der Waals surface area contributed by atoms with E-state index in [4.69, 9.17) is 0 Å². The third-order valence-corrected chi connectivity index (χ3v) is 4.57. The predicted molar refractivity (Wildman–Crippen MR) is 106 cm³/mol. The van der Waals surface area contributed by atoms with Crippen LogP contribution in [0.1, 0.15) is 34.1 Å². The molecule has 0 aromatic carbocycles. The van der Waals surface area contributed by atoms with E-state index in [1.54, 1.807) is 0 Å². The highest BCUT2D eigenvalue weighted by Gasteiger charge is 2.31. The molecule has 0 aromatic rings. The molecular formula is C20H25F6NS. The lowest BCUT2D eigenvalue weighted by atomic mass is 10.1. The molecule has 0 unspecified atom stereocenters. The van der Waals surface area contributed by atoms with Gasteiger partial charge in [0.15, 0.2) is 0 Å². The molecule has 0 aliphatic carbocycles. The van der Waals surface area contributed by atoms with Gasteiger partial charge in [-0.15, -0.1) is 11.8 Å². The van der Waals surface area contributed by atoms with E-state index < -0.39 is 23.5 Å². The summed E-state index contributed by atoms with van der Waals surface area (Å²) in [6.45, 7) is 16.6. The van der Waals surface area contributed by atoms with Crippen LogP contribution in [-0.2, 0) is 0 Å². The molecule has 0 saturated heterocycles. The van der Waals surface area contributed by atoms with Gasteiger partial charge in [0.05, 0.1) is 5.70 Å². The van der Waals surface area contributed by atoms with Gasteiger partial charge in [-0.25, -0.2) is 0 Å². The fourth-order valence-electron chi connectivity index (χ4n) is 1.71. The lowest BCUT2D eigenvalue weighted by Gasteiger charge is -2.14. The minimum atomic E-state index is -4.60. The van der Waals surface area contributed by atoms with Crippen molar-refractivity contribution in [2.75, 3.05) is 5.75 Å². The van der Waals surface area contributed by atoms with Crippen LogP contribution in [0.3, 0.4) is 0 Å². The molecule has 0 fully saturated rings. The lowest BCUT2D eigenvalue weighted by molar-refractivity contribution is -0.0914. The zero-order chi connectivity index (χ0) is 22.3. The Bertz CT molecular complexity index is 690. The Hall–Kier alpha value is -1.70. The van der Waals surface area contributed by atoms with Gasteiger partial charge in [-0.05, 0) is 44.1 Å². The molecule has 0 N–H and O–H groups in total. The van der Waals surface area contributed by atoms with Crippen LogP contribution in [0.2, 0.25) is 0 Å². The molecule has 158 valence electrons. The second-order valence-electron chi connectivity index (χ2n) is 6.57. The van der Waals surface area contributed by atoms with Crippen LogP contribution in [-0.4, -0.2) is 23.8 Å². The molecule has 8 heteroatoms. The van der Waals surface area contributed by atoms with Gasteiger partial charge in [0.1, 0.15) is 0 Å². The van der Waals surface area contributed by atoms with E-state index in [1.807, 2.05) is 13.8 Å². The first-order valence-corrected chi connectivity index (χ1v) is 9.34. The fraction of sp³-hybridized carbons (Fsp3) is 0.450. The Morgan fingerprint density at radius 1 is 0.964 bits per heavy atom. The lowest BCUT2D eigenvalue weighted by Crippen LogP contribution is -2.10. The van der Waals surface area contributed by atoms with Crippen molar-refractivity contribution in [2.45, 2.75) is 46.5 Å². The summed E-state index contributed by atoms with van der Waals surface area (Å²) in [6.07, 6.45) is -6.63. The number of hydrogen-bond acceptors (Lipinski definition) is 2. The first-order chi connectivity index (χ1) is 12.6. The normalized spacial score (nSPS) is 14.5. The number of hydrogen-bond donors (Lipinski definition) is 0. The summed E-state index contributed by atoms with van der Waals surface area (Å²) in [5.74, 6) is 0.892. The molecule has 0 bridgehead atoms. The summed E-state index contributed by atoms with van der Waals surface area (Å²) in [5.41, 5.74) is -1.79. The van der Waals surface area contributed by atoms with Crippen molar-refractivity contribution in [3.63, 3.8) is 0 Å². The van der Waals surface area contributed by atoms with Crippen molar-refractivity contribution < 1.29 is 26.3 Å². The third kappa shape index (κ3) is 10.0. The van der Waals surface area contributed by atoms with Crippen LogP contribution in [0.15, 0.2) is 64.2 Å². The molecule has 0 heterocycles. The zero-order valence-electron chi connectivity index (χ0n) is 16.4. The number of alkyl halides is 6. The molecule has 0 atom stereocenters. The van der Waals surface area contributed by atoms with E-state index in [0.29, 0.717) is 11.7 Å². The Balaban J connectivity index is 5.62. The van der Waals surface area contributed by atoms with E-state index in [2.05, 4.69) is 24.7 Å². The third-order valence-electron chi connectivity index (χ3n) is 3.45. The molecule has 0 saturated carbocycles. The molecule has 0 aromatic heterocycles. The second kappa shape index (κ2) is 10.7. The van der Waals surface area contributed by atoms with Crippen molar-refractivity contribution in [1.82, 2.24) is 0 Å². The van der Waals surface area contributed by atoms with Gasteiger partial charge in [0.2, 0.25) is 0 Å². The molecule has 0 spiro atoms. The molecule has 0 radical (unpaired) electrons. The van der Waals surface area contributed by atoms with Crippen molar-refractivity contribution >= 4 is 17.5 Å². The SMILES string of the molecule is C=C(N=C(C)/C=C(\C)C(F)(F)F)C(=C)/C(=C\C(=C)C(F)(F)F)SCCC(C)C. The van der Waals surface area contributed by atoms with Crippen LogP contribution < -0.4 is 0 Å². The summed E-state index contributed by atoms with van der Waals surface area (Å²) in [5, 5.41) is 0. The number of halogens is 6. The standard InChI is InChI=1S/C20H25F6NS/c1-12(2)8-9-28-18(11-14(4)20(24,25)26)16(6)17(7)27-15(5)10-13(3)19(21,22)23/h10-12H,4,6-9H2,1-3,5H3/b13-10+,18-11+,27-15?. The molecule has 0 rings (SSSR count). The van der Waals surface area contributed by atoms with Gasteiger partial charge < -0.3 is 0 Å². The van der Waals surface area contributed by atoms with Crippen LogP contribution in [0, 0.1) is 5.92 Å². The highest BCUT2D eigenvalue weighted by Crippen LogP contribution is 2.34. The maximum absolute atomic E-state index is 12.8. The van der Waals surface area contributed by atoms with E-state index >= 15 is 0 Å². The zero-order valence-corrected chi connectivity index (χ0v) is 17.2. The van der Waals surface area contributed by atoms with Gasteiger partial charge in [-0.3, -0.25) is 4.99 Å². The van der Waals surface area contributed by atoms with Gasteiger partial charge in [-0.1, -0.05) is 33.6 Å². The summed E-state index contributed by atoms with van der Waals surface area (Å²) in [6, 6.07) is 0.